The second-order valence-corrected chi connectivity index (χ2v) is 5.84. The van der Waals surface area contributed by atoms with E-state index in [9.17, 15) is 0 Å². The zero-order valence-electron chi connectivity index (χ0n) is 10.5. The highest BCUT2D eigenvalue weighted by atomic mass is 32.1. The summed E-state index contributed by atoms with van der Waals surface area (Å²) in [5, 5.41) is 3.46. The number of nitrogens with zero attached hydrogens (tertiary/aromatic N) is 2. The van der Waals surface area contributed by atoms with Crippen molar-refractivity contribution in [2.45, 2.75) is 31.7 Å². The van der Waals surface area contributed by atoms with E-state index in [1.807, 2.05) is 6.20 Å². The van der Waals surface area contributed by atoms with E-state index in [0.717, 1.165) is 19.5 Å². The summed E-state index contributed by atoms with van der Waals surface area (Å²) >= 11 is 1.79. The van der Waals surface area contributed by atoms with Gasteiger partial charge >= 0.3 is 0 Å². The number of anilines is 1. The van der Waals surface area contributed by atoms with Crippen LogP contribution in [0.1, 0.15) is 25.7 Å². The summed E-state index contributed by atoms with van der Waals surface area (Å²) in [6.07, 6.45) is 6.80. The molecular formula is C14H19N3S. The van der Waals surface area contributed by atoms with Crippen LogP contribution in [-0.4, -0.2) is 24.1 Å². The Morgan fingerprint density at radius 1 is 1.44 bits per heavy atom. The second-order valence-electron chi connectivity index (χ2n) is 4.89. The fraction of sp³-hybridized carbons (Fsp3) is 0.500. The number of nitrogens with two attached hydrogens (primary N) is 1. The molecule has 4 heteroatoms. The van der Waals surface area contributed by atoms with Crippen molar-refractivity contribution < 1.29 is 0 Å². The Labute approximate surface area is 112 Å². The van der Waals surface area contributed by atoms with Crippen LogP contribution in [0.3, 0.4) is 0 Å². The first kappa shape index (κ1) is 11.9. The Kier molecular flexibility index (Phi) is 3.48. The molecule has 1 saturated heterocycles. The van der Waals surface area contributed by atoms with E-state index in [0.29, 0.717) is 6.04 Å². The lowest BCUT2D eigenvalue weighted by atomic mass is 10.1. The van der Waals surface area contributed by atoms with E-state index < -0.39 is 0 Å². The third-order valence-electron chi connectivity index (χ3n) is 3.75. The van der Waals surface area contributed by atoms with Crippen LogP contribution in [0.25, 0.3) is 10.1 Å². The average molecular weight is 261 g/mol. The first-order valence-corrected chi connectivity index (χ1v) is 7.57. The van der Waals surface area contributed by atoms with Crippen molar-refractivity contribution in [1.82, 2.24) is 4.98 Å². The van der Waals surface area contributed by atoms with Gasteiger partial charge in [-0.3, -0.25) is 0 Å². The van der Waals surface area contributed by atoms with Gasteiger partial charge in [-0.25, -0.2) is 4.98 Å². The molecule has 1 aliphatic rings. The fourth-order valence-electron chi connectivity index (χ4n) is 2.88. The van der Waals surface area contributed by atoms with Gasteiger partial charge in [-0.05, 0) is 49.7 Å². The molecule has 1 unspecified atom stereocenters. The molecule has 3 nitrogen and oxygen atoms in total. The number of thiophene rings is 1. The Balaban J connectivity index is 1.90. The topological polar surface area (TPSA) is 42.1 Å². The molecule has 0 amide bonds. The van der Waals surface area contributed by atoms with Gasteiger partial charge in [0.2, 0.25) is 0 Å². The molecule has 2 aromatic heterocycles. The summed E-state index contributed by atoms with van der Waals surface area (Å²) in [4.78, 5) is 7.11. The zero-order chi connectivity index (χ0) is 12.4. The number of pyridine rings is 1. The van der Waals surface area contributed by atoms with Gasteiger partial charge in [-0.1, -0.05) is 0 Å². The highest BCUT2D eigenvalue weighted by Crippen LogP contribution is 2.33. The van der Waals surface area contributed by atoms with E-state index in [2.05, 4.69) is 27.4 Å². The predicted molar refractivity (Wildman–Crippen MR) is 78.3 cm³/mol. The summed E-state index contributed by atoms with van der Waals surface area (Å²) in [6, 6.07) is 4.93. The first-order chi connectivity index (χ1) is 8.90. The number of aromatic nitrogens is 1. The van der Waals surface area contributed by atoms with Crippen molar-refractivity contribution in [2.75, 3.05) is 18.0 Å². The molecule has 0 saturated carbocycles. The molecular weight excluding hydrogens is 242 g/mol. The highest BCUT2D eigenvalue weighted by molar-refractivity contribution is 7.17. The smallest absolute Gasteiger partial charge is 0.137 e. The molecule has 1 atom stereocenters. The molecule has 0 bridgehead atoms. The van der Waals surface area contributed by atoms with Gasteiger partial charge in [0, 0.05) is 28.9 Å². The minimum atomic E-state index is 0.631. The van der Waals surface area contributed by atoms with Crippen molar-refractivity contribution >= 4 is 27.2 Å². The Hall–Kier alpha value is -1.13. The molecule has 1 fully saturated rings. The van der Waals surface area contributed by atoms with Crippen molar-refractivity contribution in [2.24, 2.45) is 5.73 Å². The molecule has 3 heterocycles. The van der Waals surface area contributed by atoms with E-state index in [4.69, 9.17) is 5.73 Å². The predicted octanol–water partition coefficient (Wildman–Crippen LogP) is 3.00. The maximum absolute atomic E-state index is 5.63. The van der Waals surface area contributed by atoms with Gasteiger partial charge in [0.25, 0.3) is 0 Å². The van der Waals surface area contributed by atoms with Crippen molar-refractivity contribution in [3.63, 3.8) is 0 Å². The summed E-state index contributed by atoms with van der Waals surface area (Å²) in [5.74, 6) is 1.17. The number of fused-ring (bicyclic) bond motifs is 1. The lowest BCUT2D eigenvalue weighted by Crippen LogP contribution is -2.30. The summed E-state index contributed by atoms with van der Waals surface area (Å²) in [5.41, 5.74) is 5.63. The van der Waals surface area contributed by atoms with E-state index in [1.165, 1.54) is 35.2 Å². The number of hydrogen-bond acceptors (Lipinski definition) is 4. The van der Waals surface area contributed by atoms with Gasteiger partial charge < -0.3 is 10.6 Å². The molecule has 0 spiro atoms. The number of rotatable bonds is 4. The van der Waals surface area contributed by atoms with Crippen LogP contribution in [0.2, 0.25) is 0 Å². The third-order valence-corrected chi connectivity index (χ3v) is 4.63. The van der Waals surface area contributed by atoms with Crippen LogP contribution in [0, 0.1) is 0 Å². The Morgan fingerprint density at radius 2 is 2.39 bits per heavy atom. The van der Waals surface area contributed by atoms with Gasteiger partial charge in [0.1, 0.15) is 5.82 Å². The van der Waals surface area contributed by atoms with Crippen LogP contribution in [-0.2, 0) is 0 Å². The maximum Gasteiger partial charge on any atom is 0.137 e. The SMILES string of the molecule is NCCCC1CCCN1c1nccc2sccc12. The van der Waals surface area contributed by atoms with Crippen LogP contribution in [0.5, 0.6) is 0 Å². The van der Waals surface area contributed by atoms with Crippen molar-refractivity contribution in [1.29, 1.82) is 0 Å². The van der Waals surface area contributed by atoms with Gasteiger partial charge in [0.15, 0.2) is 0 Å². The largest absolute Gasteiger partial charge is 0.353 e. The molecule has 0 radical (unpaired) electrons. The molecule has 18 heavy (non-hydrogen) atoms. The Bertz CT molecular complexity index is 522. The quantitative estimate of drug-likeness (QED) is 0.920. The van der Waals surface area contributed by atoms with Crippen molar-refractivity contribution in [3.05, 3.63) is 23.7 Å². The van der Waals surface area contributed by atoms with Crippen molar-refractivity contribution in [3.8, 4) is 0 Å². The van der Waals surface area contributed by atoms with Crippen LogP contribution >= 0.6 is 11.3 Å². The van der Waals surface area contributed by atoms with E-state index >= 15 is 0 Å². The average Bonchev–Trinajstić information content (AvgIpc) is 3.04. The second kappa shape index (κ2) is 5.24. The molecule has 2 aromatic rings. The molecule has 2 N–H and O–H groups in total. The Morgan fingerprint density at radius 3 is 3.28 bits per heavy atom. The monoisotopic (exact) mass is 261 g/mol. The molecule has 3 rings (SSSR count). The zero-order valence-corrected chi connectivity index (χ0v) is 11.3. The van der Waals surface area contributed by atoms with Gasteiger partial charge in [0.05, 0.1) is 0 Å². The van der Waals surface area contributed by atoms with Gasteiger partial charge in [-0.15, -0.1) is 11.3 Å². The van der Waals surface area contributed by atoms with Crippen LogP contribution < -0.4 is 10.6 Å². The summed E-state index contributed by atoms with van der Waals surface area (Å²) < 4.78 is 1.34. The van der Waals surface area contributed by atoms with Gasteiger partial charge in [-0.2, -0.15) is 0 Å². The van der Waals surface area contributed by atoms with Crippen LogP contribution in [0.4, 0.5) is 5.82 Å². The fourth-order valence-corrected chi connectivity index (χ4v) is 3.65. The minimum Gasteiger partial charge on any atom is -0.353 e. The maximum atomic E-state index is 5.63. The van der Waals surface area contributed by atoms with E-state index in [1.54, 1.807) is 11.3 Å². The van der Waals surface area contributed by atoms with Crippen LogP contribution in [0.15, 0.2) is 23.7 Å². The standard InChI is InChI=1S/C14H19N3S/c15-7-1-3-11-4-2-9-17(11)14-12-6-10-18-13(12)5-8-16-14/h5-6,8,10-11H,1-4,7,9,15H2. The molecule has 96 valence electrons. The number of hydrogen-bond donors (Lipinski definition) is 1. The summed E-state index contributed by atoms with van der Waals surface area (Å²) in [7, 11) is 0. The molecule has 0 aromatic carbocycles. The third kappa shape index (κ3) is 2.10. The van der Waals surface area contributed by atoms with E-state index in [-0.39, 0.29) is 0 Å². The first-order valence-electron chi connectivity index (χ1n) is 6.69. The molecule has 1 aliphatic heterocycles. The molecule has 0 aliphatic carbocycles. The summed E-state index contributed by atoms with van der Waals surface area (Å²) in [6.45, 7) is 1.93. The normalized spacial score (nSPS) is 19.8. The minimum absolute atomic E-state index is 0.631. The highest BCUT2D eigenvalue weighted by Gasteiger charge is 2.26. The lowest BCUT2D eigenvalue weighted by molar-refractivity contribution is 0.583. The lowest BCUT2D eigenvalue weighted by Gasteiger charge is -2.26.